The maximum atomic E-state index is 12.6. The molecular formula is C38H30Cl2N8O23S7. The van der Waals surface area contributed by atoms with Crippen molar-refractivity contribution in [3.05, 3.63) is 78.9 Å². The number of hydrogen-bond acceptors (Lipinski definition) is 24. The van der Waals surface area contributed by atoms with E-state index in [-0.39, 0.29) is 17.1 Å². The maximum Gasteiger partial charge on any atom is 0.297 e. The van der Waals surface area contributed by atoms with Crippen molar-refractivity contribution in [3.63, 3.8) is 0 Å². The minimum Gasteiger partial charge on any atom is -0.505 e. The summed E-state index contributed by atoms with van der Waals surface area (Å²) >= 11 is 6.03. The molecule has 0 aromatic heterocycles. The highest BCUT2D eigenvalue weighted by molar-refractivity contribution is 7.87. The van der Waals surface area contributed by atoms with Crippen molar-refractivity contribution >= 4 is 175 Å². The molecule has 0 saturated carbocycles. The first-order chi connectivity index (χ1) is 36.2. The maximum absolute atomic E-state index is 12.6. The molecule has 0 aliphatic rings. The van der Waals surface area contributed by atoms with E-state index in [4.69, 9.17) is 23.2 Å². The molecule has 2 atom stereocenters. The monoisotopic (exact) mass is 1260 g/mol. The van der Waals surface area contributed by atoms with Gasteiger partial charge < -0.3 is 20.8 Å². The number of amides is 2. The van der Waals surface area contributed by atoms with E-state index in [2.05, 4.69) is 44.4 Å². The Morgan fingerprint density at radius 3 is 1.19 bits per heavy atom. The van der Waals surface area contributed by atoms with Crippen LogP contribution in [-0.4, -0.2) is 119 Å². The minimum atomic E-state index is -5.54. The van der Waals surface area contributed by atoms with Crippen molar-refractivity contribution in [2.75, 3.05) is 34.3 Å². The molecule has 40 heteroatoms. The standard InChI is InChI=1S/C38H30Cl2N8O23S7/c39-16-70-72(53)14-31(49)41-26-9-6-21-23(37(26)77(64,65)66)12-29(75(58,59)60)33(35(21)51)47-44-19-3-1-18(2-4-19)43-45-20-5-8-25(28(11-20)74(55,56)57)46-48-34-30(76(61,62)63)13-24-22(36(34)52)7-10-27(38(24)78(67,68)69)42-32(50)15-73(54)71-17-40/h1-13,51-52H,14-17H2,(H,41,49)(H,42,50)(H,55,56,57)(H,58,59,60)(H,61,62,63)(H,64,65,66)(H,67,68,69). The van der Waals surface area contributed by atoms with E-state index in [0.717, 1.165) is 36.4 Å². The van der Waals surface area contributed by atoms with Gasteiger partial charge in [-0.2, -0.15) is 57.4 Å². The summed E-state index contributed by atoms with van der Waals surface area (Å²) in [5, 5.41) is 46.2. The summed E-state index contributed by atoms with van der Waals surface area (Å²) in [5.41, 5.74) is -4.65. The van der Waals surface area contributed by atoms with E-state index in [9.17, 15) is 93.1 Å². The average molecular weight is 1260 g/mol. The number of benzene rings is 6. The SMILES string of the molecule is O=C(CS(=O)OCCl)Nc1ccc2c(O)c(N=Nc3ccc(N=Nc4ccc(N=Nc5c(S(=O)(=O)O)cc6c(S(=O)(=O)O)c(NC(=O)CS(=O)OCCl)ccc6c5O)c(S(=O)(=O)O)c4)cc3)c(S(=O)(=O)O)cc2c1S(=O)(=O)O. The highest BCUT2D eigenvalue weighted by Crippen LogP contribution is 2.47. The Bertz CT molecular complexity index is 4210. The summed E-state index contributed by atoms with van der Waals surface area (Å²) in [4.78, 5) is 18.8. The van der Waals surface area contributed by atoms with E-state index < -0.39 is 194 Å². The second-order valence-electron chi connectivity index (χ2n) is 14.8. The average Bonchev–Trinajstić information content (AvgIpc) is 3.45. The molecule has 6 rings (SSSR count). The van der Waals surface area contributed by atoms with Gasteiger partial charge in [0, 0.05) is 21.5 Å². The lowest BCUT2D eigenvalue weighted by Crippen LogP contribution is -2.21. The molecule has 2 amide bonds. The molecule has 416 valence electrons. The summed E-state index contributed by atoms with van der Waals surface area (Å²) in [7, 11) is -27.0. The highest BCUT2D eigenvalue weighted by atomic mass is 35.5. The van der Waals surface area contributed by atoms with Crippen molar-refractivity contribution < 1.29 is 101 Å². The summed E-state index contributed by atoms with van der Waals surface area (Å²) in [6.07, 6.45) is 0. The number of fused-ring (bicyclic) bond motifs is 2. The number of aromatic hydroxyl groups is 2. The molecule has 0 bridgehead atoms. The first kappa shape index (κ1) is 60.8. The third-order valence-electron chi connectivity index (χ3n) is 9.71. The minimum absolute atomic E-state index is 0.00113. The number of anilines is 2. The van der Waals surface area contributed by atoms with Crippen LogP contribution < -0.4 is 10.6 Å². The van der Waals surface area contributed by atoms with Gasteiger partial charge in [-0.05, 0) is 78.9 Å². The van der Waals surface area contributed by atoms with Crippen LogP contribution in [0.2, 0.25) is 0 Å². The number of nitrogens with zero attached hydrogens (tertiary/aromatic N) is 6. The number of alkyl halides is 2. The molecule has 31 nitrogen and oxygen atoms in total. The van der Waals surface area contributed by atoms with Crippen LogP contribution in [0.1, 0.15) is 0 Å². The quantitative estimate of drug-likeness (QED) is 0.0210. The molecule has 0 radical (unpaired) electrons. The van der Waals surface area contributed by atoms with Crippen molar-refractivity contribution in [1.82, 2.24) is 0 Å². The lowest BCUT2D eigenvalue weighted by molar-refractivity contribution is -0.114. The molecule has 2 unspecified atom stereocenters. The van der Waals surface area contributed by atoms with Crippen LogP contribution in [0.3, 0.4) is 0 Å². The molecule has 0 spiro atoms. The zero-order valence-corrected chi connectivity index (χ0v) is 45.0. The number of nitrogens with one attached hydrogen (secondary N) is 2. The van der Waals surface area contributed by atoms with Gasteiger partial charge in [-0.1, -0.05) is 23.2 Å². The first-order valence-electron chi connectivity index (χ1n) is 20.0. The first-order valence-corrected chi connectivity index (χ1v) is 30.8. The van der Waals surface area contributed by atoms with Gasteiger partial charge in [-0.3, -0.25) is 40.7 Å². The molecule has 6 aromatic carbocycles. The molecule has 6 aromatic rings. The van der Waals surface area contributed by atoms with E-state index in [0.29, 0.717) is 18.2 Å². The van der Waals surface area contributed by atoms with Crippen LogP contribution in [-0.2, 0) is 90.7 Å². The number of carbonyl (C=O) groups excluding carboxylic acids is 2. The van der Waals surface area contributed by atoms with E-state index >= 15 is 0 Å². The molecule has 9 N–H and O–H groups in total. The Labute approximate surface area is 453 Å². The third kappa shape index (κ3) is 14.6. The van der Waals surface area contributed by atoms with Crippen molar-refractivity contribution in [3.8, 4) is 11.5 Å². The predicted octanol–water partition coefficient (Wildman–Crippen LogP) is 6.51. The summed E-state index contributed by atoms with van der Waals surface area (Å²) in [6, 6.07) is 10.7. The van der Waals surface area contributed by atoms with Crippen molar-refractivity contribution in [2.24, 2.45) is 30.7 Å². The van der Waals surface area contributed by atoms with Crippen LogP contribution in [0.15, 0.2) is 134 Å². The van der Waals surface area contributed by atoms with Gasteiger partial charge in [-0.25, -0.2) is 8.42 Å². The zero-order valence-electron chi connectivity index (χ0n) is 37.8. The summed E-state index contributed by atoms with van der Waals surface area (Å²) < 4.78 is 209. The molecule has 0 aliphatic carbocycles. The highest BCUT2D eigenvalue weighted by Gasteiger charge is 2.31. The Kier molecular flexibility index (Phi) is 18.6. The number of hydrogen-bond donors (Lipinski definition) is 9. The van der Waals surface area contributed by atoms with E-state index in [1.165, 1.54) is 24.3 Å². The van der Waals surface area contributed by atoms with Gasteiger partial charge in [0.25, 0.3) is 50.6 Å². The molecular weight excluding hydrogens is 1230 g/mol. The predicted molar refractivity (Wildman–Crippen MR) is 273 cm³/mol. The van der Waals surface area contributed by atoms with Crippen LogP contribution in [0.25, 0.3) is 21.5 Å². The Morgan fingerprint density at radius 1 is 0.462 bits per heavy atom. The van der Waals surface area contributed by atoms with E-state index in [1.807, 2.05) is 5.32 Å². The lowest BCUT2D eigenvalue weighted by atomic mass is 10.1. The van der Waals surface area contributed by atoms with Gasteiger partial charge in [0.05, 0.1) is 28.4 Å². The van der Waals surface area contributed by atoms with Crippen LogP contribution in [0.5, 0.6) is 11.5 Å². The Hall–Kier alpha value is -6.47. The second kappa shape index (κ2) is 23.9. The molecule has 0 saturated heterocycles. The fourth-order valence-corrected chi connectivity index (χ4v) is 11.8. The Balaban J connectivity index is 1.30. The number of carbonyl (C=O) groups is 2. The molecule has 0 heterocycles. The largest absolute Gasteiger partial charge is 0.505 e. The van der Waals surface area contributed by atoms with Gasteiger partial charge in [-0.15, -0.1) is 15.3 Å². The number of phenols is 2. The smallest absolute Gasteiger partial charge is 0.297 e. The fourth-order valence-electron chi connectivity index (χ4n) is 6.66. The van der Waals surface area contributed by atoms with Crippen molar-refractivity contribution in [2.45, 2.75) is 24.5 Å². The summed E-state index contributed by atoms with van der Waals surface area (Å²) in [5.74, 6) is -6.37. The number of rotatable bonds is 21. The van der Waals surface area contributed by atoms with Crippen LogP contribution >= 0.6 is 23.2 Å². The van der Waals surface area contributed by atoms with Gasteiger partial charge in [0.1, 0.15) is 65.2 Å². The van der Waals surface area contributed by atoms with E-state index in [1.54, 1.807) is 0 Å². The zero-order chi connectivity index (χ0) is 57.9. The van der Waals surface area contributed by atoms with Crippen molar-refractivity contribution in [1.29, 1.82) is 0 Å². The number of phenolic OH excluding ortho intramolecular Hbond substituents is 2. The van der Waals surface area contributed by atoms with Gasteiger partial charge in [0.2, 0.25) is 11.8 Å². The number of halogens is 2. The number of azo groups is 3. The third-order valence-corrected chi connectivity index (χ3v) is 16.5. The fraction of sp³-hybridized carbons (Fsp3) is 0.105. The molecule has 78 heavy (non-hydrogen) atoms. The Morgan fingerprint density at radius 2 is 0.821 bits per heavy atom. The topological polar surface area (TPSA) is 497 Å². The summed E-state index contributed by atoms with van der Waals surface area (Å²) in [6.45, 7) is 0. The second-order valence-corrected chi connectivity index (χ2v) is 24.4. The van der Waals surface area contributed by atoms with Crippen LogP contribution in [0, 0.1) is 0 Å². The molecule has 0 aliphatic heterocycles. The molecule has 0 fully saturated rings. The van der Waals surface area contributed by atoms with Crippen LogP contribution in [0.4, 0.5) is 45.5 Å². The lowest BCUT2D eigenvalue weighted by Gasteiger charge is -2.15. The van der Waals surface area contributed by atoms with Gasteiger partial charge >= 0.3 is 0 Å². The van der Waals surface area contributed by atoms with Gasteiger partial charge in [0.15, 0.2) is 33.7 Å². The normalized spacial score (nSPS) is 13.7.